The minimum Gasteiger partial charge on any atom is -0.497 e. The van der Waals surface area contributed by atoms with Crippen molar-refractivity contribution in [2.24, 2.45) is 5.92 Å². The molecule has 0 radical (unpaired) electrons. The lowest BCUT2D eigenvalue weighted by Crippen LogP contribution is -2.14. The summed E-state index contributed by atoms with van der Waals surface area (Å²) in [5, 5.41) is 9.67. The zero-order valence-corrected chi connectivity index (χ0v) is 9.70. The van der Waals surface area contributed by atoms with Gasteiger partial charge in [0.2, 0.25) is 0 Å². The van der Waals surface area contributed by atoms with Crippen molar-refractivity contribution in [1.82, 2.24) is 0 Å². The van der Waals surface area contributed by atoms with Crippen LogP contribution in [-0.4, -0.2) is 18.2 Å². The fourth-order valence-corrected chi connectivity index (χ4v) is 2.19. The van der Waals surface area contributed by atoms with Gasteiger partial charge in [-0.05, 0) is 36.5 Å². The van der Waals surface area contributed by atoms with Gasteiger partial charge in [-0.1, -0.05) is 17.7 Å². The number of benzene rings is 1. The number of halogens is 1. The minimum absolute atomic E-state index is 0.239. The molecule has 0 amide bonds. The summed E-state index contributed by atoms with van der Waals surface area (Å²) in [7, 11) is 1.56. The van der Waals surface area contributed by atoms with E-state index >= 15 is 0 Å². The fraction of sp³-hybridized carbons (Fsp3) is 0.417. The number of hydrogen-bond donors (Lipinski definition) is 1. The quantitative estimate of drug-likeness (QED) is 0.880. The lowest BCUT2D eigenvalue weighted by molar-refractivity contribution is -0.139. The van der Waals surface area contributed by atoms with E-state index in [0.717, 1.165) is 12.8 Å². The summed E-state index contributed by atoms with van der Waals surface area (Å²) < 4.78 is 5.03. The van der Waals surface area contributed by atoms with E-state index < -0.39 is 11.9 Å². The molecule has 1 fully saturated rings. The average molecular weight is 241 g/mol. The Morgan fingerprint density at radius 1 is 1.56 bits per heavy atom. The second-order valence-corrected chi connectivity index (χ2v) is 4.45. The number of carbonyl (C=O) groups is 1. The van der Waals surface area contributed by atoms with E-state index in [2.05, 4.69) is 0 Å². The Bertz CT molecular complexity index is 413. The van der Waals surface area contributed by atoms with Crippen molar-refractivity contribution in [1.29, 1.82) is 0 Å². The predicted molar refractivity (Wildman–Crippen MR) is 61.1 cm³/mol. The van der Waals surface area contributed by atoms with Gasteiger partial charge >= 0.3 is 5.97 Å². The van der Waals surface area contributed by atoms with E-state index in [4.69, 9.17) is 16.3 Å². The molecule has 1 saturated carbocycles. The van der Waals surface area contributed by atoms with Crippen LogP contribution in [0.2, 0.25) is 5.02 Å². The molecule has 0 aromatic heterocycles. The van der Waals surface area contributed by atoms with Gasteiger partial charge in [-0.3, -0.25) is 4.79 Å². The summed E-state index contributed by atoms with van der Waals surface area (Å²) in [5.41, 5.74) is 0.692. The van der Waals surface area contributed by atoms with Gasteiger partial charge in [-0.2, -0.15) is 0 Å². The molecule has 1 N–H and O–H groups in total. The highest BCUT2D eigenvalue weighted by Crippen LogP contribution is 2.45. The third-order valence-electron chi connectivity index (χ3n) is 2.90. The highest BCUT2D eigenvalue weighted by atomic mass is 35.5. The molecule has 0 aliphatic heterocycles. The fourth-order valence-electron chi connectivity index (χ4n) is 1.91. The Morgan fingerprint density at radius 3 is 2.69 bits per heavy atom. The Morgan fingerprint density at radius 2 is 2.25 bits per heavy atom. The number of hydrogen-bond acceptors (Lipinski definition) is 2. The summed E-state index contributed by atoms with van der Waals surface area (Å²) in [4.78, 5) is 11.2. The maximum Gasteiger partial charge on any atom is 0.311 e. The summed E-state index contributed by atoms with van der Waals surface area (Å²) in [5.74, 6) is -0.384. The van der Waals surface area contributed by atoms with Crippen molar-refractivity contribution in [3.05, 3.63) is 28.8 Å². The number of ether oxygens (including phenoxy) is 1. The highest BCUT2D eigenvalue weighted by molar-refractivity contribution is 6.31. The highest BCUT2D eigenvalue weighted by Gasteiger charge is 2.38. The van der Waals surface area contributed by atoms with E-state index in [1.54, 1.807) is 25.3 Å². The Hall–Kier alpha value is -1.22. The minimum atomic E-state index is -0.797. The molecule has 2 rings (SSSR count). The van der Waals surface area contributed by atoms with E-state index in [1.807, 2.05) is 0 Å². The molecule has 0 heterocycles. The van der Waals surface area contributed by atoms with Crippen molar-refractivity contribution < 1.29 is 14.6 Å². The second-order valence-electron chi connectivity index (χ2n) is 4.04. The number of rotatable bonds is 4. The number of aliphatic carboxylic acids is 1. The summed E-state index contributed by atoms with van der Waals surface area (Å²) in [6.07, 6.45) is 1.94. The largest absolute Gasteiger partial charge is 0.497 e. The van der Waals surface area contributed by atoms with Crippen LogP contribution in [0.3, 0.4) is 0 Å². The molecular formula is C12H13ClO3. The number of carboxylic acids is 1. The summed E-state index contributed by atoms with van der Waals surface area (Å²) >= 11 is 6.08. The van der Waals surface area contributed by atoms with Crippen LogP contribution in [0.1, 0.15) is 24.3 Å². The first-order valence-corrected chi connectivity index (χ1v) is 5.57. The number of methoxy groups -OCH3 is 1. The first-order valence-electron chi connectivity index (χ1n) is 5.19. The van der Waals surface area contributed by atoms with Crippen LogP contribution in [0.4, 0.5) is 0 Å². The summed E-state index contributed by atoms with van der Waals surface area (Å²) in [6.45, 7) is 0. The SMILES string of the molecule is COc1ccc(C(C(=O)O)C2CC2)c(Cl)c1. The van der Waals surface area contributed by atoms with Crippen LogP contribution < -0.4 is 4.74 Å². The van der Waals surface area contributed by atoms with Crippen LogP contribution in [0.25, 0.3) is 0 Å². The molecule has 1 aliphatic rings. The lowest BCUT2D eigenvalue weighted by atomic mass is 9.94. The van der Waals surface area contributed by atoms with Gasteiger partial charge in [0.15, 0.2) is 0 Å². The predicted octanol–water partition coefficient (Wildman–Crippen LogP) is 2.93. The molecular weight excluding hydrogens is 228 g/mol. The average Bonchev–Trinajstić information content (AvgIpc) is 3.04. The van der Waals surface area contributed by atoms with Crippen molar-refractivity contribution in [3.63, 3.8) is 0 Å². The van der Waals surface area contributed by atoms with Gasteiger partial charge in [0.25, 0.3) is 0 Å². The zero-order valence-electron chi connectivity index (χ0n) is 8.94. The van der Waals surface area contributed by atoms with E-state index in [1.165, 1.54) is 0 Å². The summed E-state index contributed by atoms with van der Waals surface area (Å²) in [6, 6.07) is 5.16. The van der Waals surface area contributed by atoms with Gasteiger partial charge < -0.3 is 9.84 Å². The topological polar surface area (TPSA) is 46.5 Å². The molecule has 1 unspecified atom stereocenters. The van der Waals surface area contributed by atoms with E-state index in [-0.39, 0.29) is 5.92 Å². The van der Waals surface area contributed by atoms with E-state index in [0.29, 0.717) is 16.3 Å². The van der Waals surface area contributed by atoms with Crippen LogP contribution in [0.15, 0.2) is 18.2 Å². The van der Waals surface area contributed by atoms with Crippen LogP contribution in [0, 0.1) is 5.92 Å². The molecule has 86 valence electrons. The van der Waals surface area contributed by atoms with Crippen molar-refractivity contribution >= 4 is 17.6 Å². The third-order valence-corrected chi connectivity index (χ3v) is 3.23. The Kier molecular flexibility index (Phi) is 3.06. The molecule has 0 spiro atoms. The molecule has 0 bridgehead atoms. The van der Waals surface area contributed by atoms with Crippen LogP contribution in [-0.2, 0) is 4.79 Å². The van der Waals surface area contributed by atoms with Gasteiger partial charge in [-0.25, -0.2) is 0 Å². The van der Waals surface area contributed by atoms with Crippen molar-refractivity contribution in [3.8, 4) is 5.75 Å². The first kappa shape index (κ1) is 11.3. The van der Waals surface area contributed by atoms with Crippen LogP contribution >= 0.6 is 11.6 Å². The Labute approximate surface area is 99.0 Å². The second kappa shape index (κ2) is 4.34. The van der Waals surface area contributed by atoms with Gasteiger partial charge in [-0.15, -0.1) is 0 Å². The first-order chi connectivity index (χ1) is 7.63. The molecule has 16 heavy (non-hydrogen) atoms. The maximum atomic E-state index is 11.2. The van der Waals surface area contributed by atoms with Gasteiger partial charge in [0, 0.05) is 5.02 Å². The number of carboxylic acid groups (broad SMARTS) is 1. The molecule has 1 aromatic rings. The normalized spacial score (nSPS) is 16.9. The monoisotopic (exact) mass is 240 g/mol. The Balaban J connectivity index is 2.34. The molecule has 1 aromatic carbocycles. The third kappa shape index (κ3) is 2.14. The molecule has 0 saturated heterocycles. The molecule has 3 nitrogen and oxygen atoms in total. The van der Waals surface area contributed by atoms with Crippen molar-refractivity contribution in [2.45, 2.75) is 18.8 Å². The van der Waals surface area contributed by atoms with Crippen LogP contribution in [0.5, 0.6) is 5.75 Å². The molecule has 1 atom stereocenters. The van der Waals surface area contributed by atoms with E-state index in [9.17, 15) is 9.90 Å². The standard InChI is InChI=1S/C12H13ClO3/c1-16-8-4-5-9(10(13)6-8)11(12(14)15)7-2-3-7/h4-7,11H,2-3H2,1H3,(H,14,15). The zero-order chi connectivity index (χ0) is 11.7. The lowest BCUT2D eigenvalue weighted by Gasteiger charge is -2.14. The van der Waals surface area contributed by atoms with Crippen molar-refractivity contribution in [2.75, 3.05) is 7.11 Å². The maximum absolute atomic E-state index is 11.2. The van der Waals surface area contributed by atoms with Gasteiger partial charge in [0.05, 0.1) is 13.0 Å². The molecule has 1 aliphatic carbocycles. The van der Waals surface area contributed by atoms with Gasteiger partial charge in [0.1, 0.15) is 5.75 Å². The molecule has 4 heteroatoms. The smallest absolute Gasteiger partial charge is 0.311 e.